The molecule has 102 valence electrons. The lowest BCUT2D eigenvalue weighted by Gasteiger charge is -2.10. The third kappa shape index (κ3) is 3.52. The number of amides is 2. The first-order valence-electron chi connectivity index (χ1n) is 6.15. The molecule has 1 aromatic carbocycles. The lowest BCUT2D eigenvalue weighted by atomic mass is 10.1. The lowest BCUT2D eigenvalue weighted by molar-refractivity contribution is 0.0706. The van der Waals surface area contributed by atoms with Crippen LogP contribution < -0.4 is 10.8 Å². The van der Waals surface area contributed by atoms with Crippen LogP contribution in [-0.4, -0.2) is 36.3 Å². The highest BCUT2D eigenvalue weighted by Crippen LogP contribution is 2.11. The molecule has 19 heavy (non-hydrogen) atoms. The van der Waals surface area contributed by atoms with Crippen molar-refractivity contribution in [2.45, 2.75) is 18.9 Å². The second-order valence-electron chi connectivity index (χ2n) is 4.36. The van der Waals surface area contributed by atoms with Crippen LogP contribution in [0, 0.1) is 0 Å². The van der Waals surface area contributed by atoms with Crippen LogP contribution in [-0.2, 0) is 4.74 Å². The molecule has 0 aromatic heterocycles. The molecule has 0 bridgehead atoms. The minimum Gasteiger partial charge on any atom is -0.376 e. The molecule has 1 saturated heterocycles. The first-order valence-corrected chi connectivity index (χ1v) is 6.15. The average molecular weight is 264 g/mol. The zero-order chi connectivity index (χ0) is 13.7. The summed E-state index contributed by atoms with van der Waals surface area (Å²) in [5.41, 5.74) is 2.29. The van der Waals surface area contributed by atoms with Crippen molar-refractivity contribution in [3.8, 4) is 0 Å². The van der Waals surface area contributed by atoms with Gasteiger partial charge in [-0.2, -0.15) is 0 Å². The van der Waals surface area contributed by atoms with E-state index in [1.807, 2.05) is 0 Å². The molecule has 2 rings (SSSR count). The molecule has 6 nitrogen and oxygen atoms in total. The van der Waals surface area contributed by atoms with E-state index in [1.54, 1.807) is 0 Å². The van der Waals surface area contributed by atoms with Gasteiger partial charge in [0.15, 0.2) is 0 Å². The van der Waals surface area contributed by atoms with Crippen LogP contribution in [0.1, 0.15) is 33.6 Å². The Morgan fingerprint density at radius 1 is 1.21 bits per heavy atom. The Bertz CT molecular complexity index is 452. The summed E-state index contributed by atoms with van der Waals surface area (Å²) < 4.78 is 5.41. The van der Waals surface area contributed by atoms with Crippen molar-refractivity contribution < 1.29 is 19.5 Å². The minimum atomic E-state index is -0.605. The van der Waals surface area contributed by atoms with Crippen LogP contribution in [0.25, 0.3) is 0 Å². The van der Waals surface area contributed by atoms with Crippen LogP contribution in [0.15, 0.2) is 24.3 Å². The summed E-state index contributed by atoms with van der Waals surface area (Å²) in [6, 6.07) is 6.03. The molecule has 1 aromatic rings. The van der Waals surface area contributed by atoms with Gasteiger partial charge in [-0.1, -0.05) is 0 Å². The Morgan fingerprint density at radius 3 is 2.37 bits per heavy atom. The van der Waals surface area contributed by atoms with Crippen molar-refractivity contribution in [3.05, 3.63) is 35.4 Å². The summed E-state index contributed by atoms with van der Waals surface area (Å²) in [4.78, 5) is 23.0. The lowest BCUT2D eigenvalue weighted by Crippen LogP contribution is -2.31. The number of benzene rings is 1. The smallest absolute Gasteiger partial charge is 0.274 e. The number of rotatable bonds is 4. The fraction of sp³-hybridized carbons (Fsp3) is 0.385. The van der Waals surface area contributed by atoms with Crippen molar-refractivity contribution in [2.24, 2.45) is 0 Å². The summed E-state index contributed by atoms with van der Waals surface area (Å²) in [5, 5.41) is 11.3. The molecule has 2 amide bonds. The van der Waals surface area contributed by atoms with E-state index < -0.39 is 5.91 Å². The van der Waals surface area contributed by atoms with Crippen LogP contribution in [0.3, 0.4) is 0 Å². The van der Waals surface area contributed by atoms with E-state index in [2.05, 4.69) is 5.32 Å². The summed E-state index contributed by atoms with van der Waals surface area (Å²) in [6.07, 6.45) is 2.10. The van der Waals surface area contributed by atoms with Crippen molar-refractivity contribution in [1.82, 2.24) is 10.8 Å². The fourth-order valence-corrected chi connectivity index (χ4v) is 1.95. The molecule has 1 aliphatic heterocycles. The summed E-state index contributed by atoms with van der Waals surface area (Å²) in [7, 11) is 0. The fourth-order valence-electron chi connectivity index (χ4n) is 1.95. The SMILES string of the molecule is O=C(NO)c1ccc(C(=O)NCC2CCCO2)cc1. The Hall–Kier alpha value is -1.92. The Labute approximate surface area is 110 Å². The van der Waals surface area contributed by atoms with Gasteiger partial charge in [0.25, 0.3) is 11.8 Å². The highest BCUT2D eigenvalue weighted by molar-refractivity contribution is 5.97. The van der Waals surface area contributed by atoms with E-state index in [0.29, 0.717) is 12.1 Å². The molecule has 0 radical (unpaired) electrons. The van der Waals surface area contributed by atoms with Crippen LogP contribution in [0.4, 0.5) is 0 Å². The van der Waals surface area contributed by atoms with Gasteiger partial charge < -0.3 is 10.1 Å². The van der Waals surface area contributed by atoms with Gasteiger partial charge in [-0.05, 0) is 37.1 Å². The molecule has 1 heterocycles. The number of hydrogen-bond acceptors (Lipinski definition) is 4. The van der Waals surface area contributed by atoms with Gasteiger partial charge in [0, 0.05) is 24.3 Å². The molecule has 1 unspecified atom stereocenters. The topological polar surface area (TPSA) is 87.7 Å². The van der Waals surface area contributed by atoms with E-state index in [-0.39, 0.29) is 17.6 Å². The molecule has 0 saturated carbocycles. The first-order chi connectivity index (χ1) is 9.20. The van der Waals surface area contributed by atoms with Crippen molar-refractivity contribution >= 4 is 11.8 Å². The minimum absolute atomic E-state index is 0.100. The van der Waals surface area contributed by atoms with Gasteiger partial charge in [-0.15, -0.1) is 0 Å². The third-order valence-corrected chi connectivity index (χ3v) is 3.03. The van der Waals surface area contributed by atoms with Gasteiger partial charge in [-0.3, -0.25) is 14.8 Å². The van der Waals surface area contributed by atoms with Gasteiger partial charge in [-0.25, -0.2) is 5.48 Å². The molecular weight excluding hydrogens is 248 g/mol. The molecule has 1 aliphatic rings. The average Bonchev–Trinajstić information content (AvgIpc) is 2.97. The zero-order valence-electron chi connectivity index (χ0n) is 10.4. The predicted octanol–water partition coefficient (Wildman–Crippen LogP) is 0.714. The largest absolute Gasteiger partial charge is 0.376 e. The van der Waals surface area contributed by atoms with Gasteiger partial charge >= 0.3 is 0 Å². The monoisotopic (exact) mass is 264 g/mol. The Balaban J connectivity index is 1.89. The molecule has 1 fully saturated rings. The highest BCUT2D eigenvalue weighted by Gasteiger charge is 2.16. The van der Waals surface area contributed by atoms with Crippen molar-refractivity contribution in [2.75, 3.05) is 13.2 Å². The number of hydroxylamine groups is 1. The van der Waals surface area contributed by atoms with E-state index >= 15 is 0 Å². The van der Waals surface area contributed by atoms with Crippen LogP contribution >= 0.6 is 0 Å². The number of nitrogens with one attached hydrogen (secondary N) is 2. The van der Waals surface area contributed by atoms with E-state index in [9.17, 15) is 9.59 Å². The number of hydrogen-bond donors (Lipinski definition) is 3. The summed E-state index contributed by atoms with van der Waals surface area (Å²) in [5.74, 6) is -0.808. The Morgan fingerprint density at radius 2 is 1.84 bits per heavy atom. The van der Waals surface area contributed by atoms with Crippen molar-refractivity contribution in [3.63, 3.8) is 0 Å². The maximum absolute atomic E-state index is 11.8. The molecule has 0 aliphatic carbocycles. The number of carbonyl (C=O) groups is 2. The summed E-state index contributed by atoms with van der Waals surface area (Å²) >= 11 is 0. The summed E-state index contributed by atoms with van der Waals surface area (Å²) in [6.45, 7) is 1.25. The molecule has 6 heteroatoms. The van der Waals surface area contributed by atoms with Crippen LogP contribution in [0.2, 0.25) is 0 Å². The quantitative estimate of drug-likeness (QED) is 0.552. The van der Waals surface area contributed by atoms with Crippen molar-refractivity contribution in [1.29, 1.82) is 0 Å². The zero-order valence-corrected chi connectivity index (χ0v) is 10.4. The van der Waals surface area contributed by atoms with Gasteiger partial charge in [0.1, 0.15) is 0 Å². The van der Waals surface area contributed by atoms with E-state index in [4.69, 9.17) is 9.94 Å². The highest BCUT2D eigenvalue weighted by atomic mass is 16.5. The second-order valence-corrected chi connectivity index (χ2v) is 4.36. The van der Waals surface area contributed by atoms with Crippen LogP contribution in [0.5, 0.6) is 0 Å². The third-order valence-electron chi connectivity index (χ3n) is 3.03. The maximum Gasteiger partial charge on any atom is 0.274 e. The molecule has 1 atom stereocenters. The van der Waals surface area contributed by atoms with E-state index in [0.717, 1.165) is 19.4 Å². The normalized spacial score (nSPS) is 18.1. The van der Waals surface area contributed by atoms with Gasteiger partial charge in [0.05, 0.1) is 6.10 Å². The maximum atomic E-state index is 11.8. The van der Waals surface area contributed by atoms with E-state index in [1.165, 1.54) is 29.7 Å². The second kappa shape index (κ2) is 6.31. The first kappa shape index (κ1) is 13.5. The molecular formula is C13H16N2O4. The predicted molar refractivity (Wildman–Crippen MR) is 67.0 cm³/mol. The number of ether oxygens (including phenoxy) is 1. The molecule has 3 N–H and O–H groups in total. The Kier molecular flexibility index (Phi) is 4.48. The number of carbonyl (C=O) groups excluding carboxylic acids is 2. The standard InChI is InChI=1S/C13H16N2O4/c16-12(14-8-11-2-1-7-19-11)9-3-5-10(6-4-9)13(17)15-18/h3-6,11,18H,1-2,7-8H2,(H,14,16)(H,15,17). The van der Waals surface area contributed by atoms with Gasteiger partial charge in [0.2, 0.25) is 0 Å². The molecule has 0 spiro atoms.